The first-order valence-electron chi connectivity index (χ1n) is 7.97. The van der Waals surface area contributed by atoms with Gasteiger partial charge in [0.25, 0.3) is 0 Å². The first kappa shape index (κ1) is 20.2. The molecule has 0 atom stereocenters. The molecule has 0 spiro atoms. The number of aliphatic carboxylic acids is 2. The number of amides is 2. The molecule has 0 radical (unpaired) electrons. The van der Waals surface area contributed by atoms with Gasteiger partial charge in [-0.05, 0) is 12.8 Å². The Kier molecular flexibility index (Phi) is 13.0. The van der Waals surface area contributed by atoms with Crippen molar-refractivity contribution in [2.45, 2.75) is 64.2 Å². The third-order valence-corrected chi connectivity index (χ3v) is 3.23. The van der Waals surface area contributed by atoms with Gasteiger partial charge in [0.15, 0.2) is 0 Å². The number of nitrogens with one attached hydrogen (secondary N) is 2. The monoisotopic (exact) mass is 316 g/mol. The number of hydrogen-bond donors (Lipinski definition) is 4. The van der Waals surface area contributed by atoms with E-state index in [0.717, 1.165) is 51.4 Å². The van der Waals surface area contributed by atoms with E-state index in [9.17, 15) is 14.4 Å². The van der Waals surface area contributed by atoms with Crippen LogP contribution in [0.1, 0.15) is 64.2 Å². The van der Waals surface area contributed by atoms with Gasteiger partial charge in [-0.25, -0.2) is 4.79 Å². The van der Waals surface area contributed by atoms with E-state index in [1.54, 1.807) is 0 Å². The van der Waals surface area contributed by atoms with Crippen LogP contribution in [0.3, 0.4) is 0 Å². The summed E-state index contributed by atoms with van der Waals surface area (Å²) in [5, 5.41) is 22.1. The lowest BCUT2D eigenvalue weighted by molar-refractivity contribution is -0.138. The summed E-state index contributed by atoms with van der Waals surface area (Å²) in [6.45, 7) is 0.737. The molecule has 0 aromatic heterocycles. The Morgan fingerprint density at radius 1 is 0.591 bits per heavy atom. The minimum atomic E-state index is -0.928. The zero-order valence-electron chi connectivity index (χ0n) is 13.1. The molecule has 0 rings (SSSR count). The second kappa shape index (κ2) is 14.2. The zero-order valence-corrected chi connectivity index (χ0v) is 13.1. The van der Waals surface area contributed by atoms with Crippen LogP contribution in [0.2, 0.25) is 0 Å². The number of carbonyl (C=O) groups excluding carboxylic acids is 1. The second-order valence-electron chi connectivity index (χ2n) is 5.30. The van der Waals surface area contributed by atoms with Gasteiger partial charge in [0.05, 0.1) is 6.42 Å². The van der Waals surface area contributed by atoms with Crippen molar-refractivity contribution in [3.8, 4) is 0 Å². The average Bonchev–Trinajstić information content (AvgIpc) is 2.44. The van der Waals surface area contributed by atoms with Gasteiger partial charge in [0, 0.05) is 19.5 Å². The van der Waals surface area contributed by atoms with E-state index < -0.39 is 11.9 Å². The van der Waals surface area contributed by atoms with Gasteiger partial charge in [0.2, 0.25) is 0 Å². The molecule has 4 N–H and O–H groups in total. The Morgan fingerprint density at radius 3 is 1.59 bits per heavy atom. The summed E-state index contributed by atoms with van der Waals surface area (Å²) in [5.74, 6) is -1.65. The van der Waals surface area contributed by atoms with Crippen molar-refractivity contribution in [3.63, 3.8) is 0 Å². The van der Waals surface area contributed by atoms with Gasteiger partial charge >= 0.3 is 18.0 Å². The summed E-state index contributed by atoms with van der Waals surface area (Å²) < 4.78 is 0. The predicted molar refractivity (Wildman–Crippen MR) is 82.8 cm³/mol. The molecule has 0 aliphatic rings. The maximum atomic E-state index is 11.3. The van der Waals surface area contributed by atoms with Crippen LogP contribution in [0.5, 0.6) is 0 Å². The van der Waals surface area contributed by atoms with Crippen LogP contribution in [-0.4, -0.2) is 41.3 Å². The van der Waals surface area contributed by atoms with Crippen molar-refractivity contribution >= 4 is 18.0 Å². The smallest absolute Gasteiger partial charge is 0.314 e. The molecule has 128 valence electrons. The molecular formula is C15H28N2O5. The van der Waals surface area contributed by atoms with Crippen molar-refractivity contribution in [1.29, 1.82) is 0 Å². The third kappa shape index (κ3) is 16.3. The van der Waals surface area contributed by atoms with E-state index in [2.05, 4.69) is 10.6 Å². The molecule has 7 heteroatoms. The lowest BCUT2D eigenvalue weighted by Crippen LogP contribution is -2.37. The predicted octanol–water partition coefficient (Wildman–Crippen LogP) is 2.36. The van der Waals surface area contributed by atoms with Crippen molar-refractivity contribution in [2.24, 2.45) is 0 Å². The van der Waals surface area contributed by atoms with Crippen LogP contribution in [0.4, 0.5) is 4.79 Å². The highest BCUT2D eigenvalue weighted by molar-refractivity contribution is 5.74. The average molecular weight is 316 g/mol. The lowest BCUT2D eigenvalue weighted by atomic mass is 10.1. The maximum Gasteiger partial charge on any atom is 0.314 e. The van der Waals surface area contributed by atoms with E-state index in [-0.39, 0.29) is 25.4 Å². The first-order chi connectivity index (χ1) is 10.5. The van der Waals surface area contributed by atoms with E-state index >= 15 is 0 Å². The van der Waals surface area contributed by atoms with Crippen molar-refractivity contribution in [1.82, 2.24) is 10.6 Å². The molecule has 7 nitrogen and oxygen atoms in total. The largest absolute Gasteiger partial charge is 0.481 e. The third-order valence-electron chi connectivity index (χ3n) is 3.23. The quantitative estimate of drug-likeness (QED) is 0.367. The fourth-order valence-electron chi connectivity index (χ4n) is 2.01. The SMILES string of the molecule is O=C(O)CCCCCCCCCCNC(=O)NCCC(=O)O. The Labute approximate surface area is 131 Å². The summed E-state index contributed by atoms with van der Waals surface area (Å²) in [4.78, 5) is 31.8. The second-order valence-corrected chi connectivity index (χ2v) is 5.30. The van der Waals surface area contributed by atoms with Gasteiger partial charge in [-0.1, -0.05) is 38.5 Å². The number of unbranched alkanes of at least 4 members (excludes halogenated alkanes) is 7. The number of urea groups is 1. The number of carbonyl (C=O) groups is 3. The molecule has 0 fully saturated rings. The Morgan fingerprint density at radius 2 is 1.05 bits per heavy atom. The summed E-state index contributed by atoms with van der Waals surface area (Å²) in [6, 6.07) is -0.320. The Hall–Kier alpha value is -1.79. The standard InChI is InChI=1S/C15H28N2O5/c18-13(19)9-7-5-3-1-2-4-6-8-11-16-15(22)17-12-10-14(20)21/h1-12H2,(H,18,19)(H,20,21)(H2,16,17,22). The molecule has 0 saturated carbocycles. The van der Waals surface area contributed by atoms with Crippen molar-refractivity contribution in [2.75, 3.05) is 13.1 Å². The summed E-state index contributed by atoms with van der Waals surface area (Å²) >= 11 is 0. The van der Waals surface area contributed by atoms with Crippen molar-refractivity contribution in [3.05, 3.63) is 0 Å². The maximum absolute atomic E-state index is 11.3. The van der Waals surface area contributed by atoms with E-state index in [1.165, 1.54) is 0 Å². The fraction of sp³-hybridized carbons (Fsp3) is 0.800. The zero-order chi connectivity index (χ0) is 16.6. The highest BCUT2D eigenvalue weighted by atomic mass is 16.4. The van der Waals surface area contributed by atoms with Crippen LogP contribution >= 0.6 is 0 Å². The number of rotatable bonds is 14. The van der Waals surface area contributed by atoms with Crippen molar-refractivity contribution < 1.29 is 24.6 Å². The van der Waals surface area contributed by atoms with E-state index in [0.29, 0.717) is 6.54 Å². The van der Waals surface area contributed by atoms with Crippen LogP contribution in [0, 0.1) is 0 Å². The number of hydrogen-bond acceptors (Lipinski definition) is 3. The lowest BCUT2D eigenvalue weighted by Gasteiger charge is -2.06. The topological polar surface area (TPSA) is 116 Å². The molecule has 0 aliphatic heterocycles. The normalized spacial score (nSPS) is 10.2. The molecule has 22 heavy (non-hydrogen) atoms. The molecule has 0 aliphatic carbocycles. The van der Waals surface area contributed by atoms with Crippen LogP contribution in [0.25, 0.3) is 0 Å². The van der Waals surface area contributed by atoms with E-state index in [4.69, 9.17) is 10.2 Å². The highest BCUT2D eigenvalue weighted by Gasteiger charge is 2.01. The molecule has 0 aromatic carbocycles. The molecule has 0 bridgehead atoms. The van der Waals surface area contributed by atoms with Gasteiger partial charge in [-0.2, -0.15) is 0 Å². The van der Waals surface area contributed by atoms with Crippen LogP contribution < -0.4 is 10.6 Å². The van der Waals surface area contributed by atoms with Gasteiger partial charge in [-0.15, -0.1) is 0 Å². The Bertz CT molecular complexity index is 334. The molecule has 0 unspecified atom stereocenters. The number of carboxylic acids is 2. The molecule has 0 saturated heterocycles. The van der Waals surface area contributed by atoms with Gasteiger partial charge < -0.3 is 20.8 Å². The summed E-state index contributed by atoms with van der Waals surface area (Å²) in [6.07, 6.45) is 8.34. The Balaban J connectivity index is 3.18. The van der Waals surface area contributed by atoms with Gasteiger partial charge in [-0.3, -0.25) is 9.59 Å². The van der Waals surface area contributed by atoms with Gasteiger partial charge in [0.1, 0.15) is 0 Å². The molecule has 0 aromatic rings. The summed E-state index contributed by atoms with van der Waals surface area (Å²) in [5.41, 5.74) is 0. The minimum Gasteiger partial charge on any atom is -0.481 e. The number of carboxylic acid groups (broad SMARTS) is 2. The highest BCUT2D eigenvalue weighted by Crippen LogP contribution is 2.09. The molecule has 2 amide bonds. The van der Waals surface area contributed by atoms with E-state index in [1.807, 2.05) is 0 Å². The molecular weight excluding hydrogens is 288 g/mol. The summed E-state index contributed by atoms with van der Waals surface area (Å²) in [7, 11) is 0. The molecule has 0 heterocycles. The minimum absolute atomic E-state index is 0.0696. The van der Waals surface area contributed by atoms with Crippen LogP contribution in [0.15, 0.2) is 0 Å². The van der Waals surface area contributed by atoms with Crippen LogP contribution in [-0.2, 0) is 9.59 Å². The first-order valence-corrected chi connectivity index (χ1v) is 7.97. The fourth-order valence-corrected chi connectivity index (χ4v) is 2.01.